The van der Waals surface area contributed by atoms with Crippen LogP contribution in [-0.4, -0.2) is 35.0 Å². The Bertz CT molecular complexity index is 240. The molecule has 2 rings (SSSR count). The average Bonchev–Trinajstić information content (AvgIpc) is 2.75. The Morgan fingerprint density at radius 1 is 1.50 bits per heavy atom. The number of rotatable bonds is 4. The molecule has 2 saturated heterocycles. The van der Waals surface area contributed by atoms with E-state index in [1.165, 1.54) is 6.42 Å². The van der Waals surface area contributed by atoms with E-state index in [2.05, 4.69) is 17.2 Å². The number of hydrogen-bond donors (Lipinski definition) is 1. The lowest BCUT2D eigenvalue weighted by Crippen LogP contribution is -2.22. The van der Waals surface area contributed by atoms with Crippen molar-refractivity contribution in [3.8, 4) is 0 Å². The van der Waals surface area contributed by atoms with E-state index in [0.29, 0.717) is 12.0 Å². The molecule has 2 aliphatic rings. The molecule has 16 heavy (non-hydrogen) atoms. The van der Waals surface area contributed by atoms with E-state index in [1.54, 1.807) is 0 Å². The van der Waals surface area contributed by atoms with Crippen LogP contribution in [0.15, 0.2) is 12.2 Å². The summed E-state index contributed by atoms with van der Waals surface area (Å²) in [6, 6.07) is 0.579. The van der Waals surface area contributed by atoms with Crippen molar-refractivity contribution in [2.45, 2.75) is 57.8 Å². The number of allylic oxidation sites excluding steroid dienone is 1. The molecule has 1 N–H and O–H groups in total. The van der Waals surface area contributed by atoms with Gasteiger partial charge in [-0.05, 0) is 38.5 Å². The van der Waals surface area contributed by atoms with Crippen LogP contribution in [0.2, 0.25) is 0 Å². The normalized spacial score (nSPS) is 37.1. The molecule has 0 amide bonds. The molecular formula is C13H23NO2. The van der Waals surface area contributed by atoms with E-state index >= 15 is 0 Å². The molecule has 92 valence electrons. The van der Waals surface area contributed by atoms with Gasteiger partial charge in [0, 0.05) is 12.6 Å². The Balaban J connectivity index is 1.79. The van der Waals surface area contributed by atoms with Gasteiger partial charge in [0.15, 0.2) is 0 Å². The average molecular weight is 225 g/mol. The summed E-state index contributed by atoms with van der Waals surface area (Å²) < 4.78 is 0. The predicted molar refractivity (Wildman–Crippen MR) is 63.8 cm³/mol. The van der Waals surface area contributed by atoms with Crippen LogP contribution in [0.5, 0.6) is 0 Å². The number of aliphatic hydroxyl groups is 1. The molecule has 2 heterocycles. The van der Waals surface area contributed by atoms with E-state index in [4.69, 9.17) is 4.84 Å². The Morgan fingerprint density at radius 3 is 2.94 bits per heavy atom. The lowest BCUT2D eigenvalue weighted by Gasteiger charge is -2.16. The van der Waals surface area contributed by atoms with Crippen molar-refractivity contribution in [3.63, 3.8) is 0 Å². The summed E-state index contributed by atoms with van der Waals surface area (Å²) >= 11 is 0. The first kappa shape index (κ1) is 12.1. The van der Waals surface area contributed by atoms with Crippen molar-refractivity contribution in [2.24, 2.45) is 5.92 Å². The van der Waals surface area contributed by atoms with Crippen LogP contribution in [0, 0.1) is 5.92 Å². The van der Waals surface area contributed by atoms with Gasteiger partial charge in [-0.1, -0.05) is 19.1 Å². The highest BCUT2D eigenvalue weighted by molar-refractivity contribution is 4.96. The highest BCUT2D eigenvalue weighted by atomic mass is 16.7. The third-order valence-electron chi connectivity index (χ3n) is 3.71. The van der Waals surface area contributed by atoms with Gasteiger partial charge in [-0.3, -0.25) is 4.84 Å². The zero-order valence-electron chi connectivity index (χ0n) is 10.3. The van der Waals surface area contributed by atoms with Gasteiger partial charge in [-0.2, -0.15) is 5.06 Å². The second-order valence-electron chi connectivity index (χ2n) is 5.06. The molecule has 3 nitrogen and oxygen atoms in total. The van der Waals surface area contributed by atoms with Crippen molar-refractivity contribution < 1.29 is 9.94 Å². The third-order valence-corrected chi connectivity index (χ3v) is 3.71. The Labute approximate surface area is 98.0 Å². The number of fused-ring (bicyclic) bond motifs is 1. The highest BCUT2D eigenvalue weighted by Crippen LogP contribution is 2.35. The van der Waals surface area contributed by atoms with Crippen LogP contribution in [0.4, 0.5) is 0 Å². The summed E-state index contributed by atoms with van der Waals surface area (Å²) in [5, 5.41) is 11.8. The molecule has 4 atom stereocenters. The van der Waals surface area contributed by atoms with Crippen molar-refractivity contribution in [2.75, 3.05) is 6.54 Å². The van der Waals surface area contributed by atoms with Gasteiger partial charge < -0.3 is 5.11 Å². The second kappa shape index (κ2) is 5.30. The smallest absolute Gasteiger partial charge is 0.0989 e. The Hall–Kier alpha value is -0.380. The Kier molecular flexibility index (Phi) is 4.00. The van der Waals surface area contributed by atoms with Crippen LogP contribution in [0.1, 0.15) is 39.5 Å². The van der Waals surface area contributed by atoms with Crippen LogP contribution >= 0.6 is 0 Å². The topological polar surface area (TPSA) is 32.7 Å². The molecule has 0 aromatic carbocycles. The van der Waals surface area contributed by atoms with E-state index in [0.717, 1.165) is 25.8 Å². The predicted octanol–water partition coefficient (Wildman–Crippen LogP) is 2.12. The standard InChI is InChI=1S/C13H23NO2/c1-3-5-13-8-11-6-10(7-12(15)4-2)9-14(11)16-13/h3,5,10-13,15H,4,6-9H2,1-2H3. The van der Waals surface area contributed by atoms with Crippen molar-refractivity contribution in [3.05, 3.63) is 12.2 Å². The highest BCUT2D eigenvalue weighted by Gasteiger charge is 2.40. The quantitative estimate of drug-likeness (QED) is 0.744. The van der Waals surface area contributed by atoms with Gasteiger partial charge >= 0.3 is 0 Å². The largest absolute Gasteiger partial charge is 0.393 e. The van der Waals surface area contributed by atoms with Crippen LogP contribution < -0.4 is 0 Å². The Morgan fingerprint density at radius 2 is 2.31 bits per heavy atom. The third kappa shape index (κ3) is 2.65. The van der Waals surface area contributed by atoms with Gasteiger partial charge in [-0.15, -0.1) is 0 Å². The van der Waals surface area contributed by atoms with Crippen molar-refractivity contribution >= 4 is 0 Å². The lowest BCUT2D eigenvalue weighted by atomic mass is 9.95. The molecule has 0 aliphatic carbocycles. The summed E-state index contributed by atoms with van der Waals surface area (Å²) in [5.41, 5.74) is 0. The molecule has 0 spiro atoms. The van der Waals surface area contributed by atoms with Crippen molar-refractivity contribution in [1.82, 2.24) is 5.06 Å². The van der Waals surface area contributed by atoms with Gasteiger partial charge in [-0.25, -0.2) is 0 Å². The number of hydrogen-bond acceptors (Lipinski definition) is 3. The molecule has 0 aromatic rings. The first-order chi connectivity index (χ1) is 7.72. The maximum absolute atomic E-state index is 9.65. The summed E-state index contributed by atoms with van der Waals surface area (Å²) in [6.45, 7) is 5.07. The second-order valence-corrected chi connectivity index (χ2v) is 5.06. The van der Waals surface area contributed by atoms with Crippen LogP contribution in [0.25, 0.3) is 0 Å². The van der Waals surface area contributed by atoms with Gasteiger partial charge in [0.25, 0.3) is 0 Å². The van der Waals surface area contributed by atoms with Crippen LogP contribution in [0.3, 0.4) is 0 Å². The maximum atomic E-state index is 9.65. The maximum Gasteiger partial charge on any atom is 0.0989 e. The lowest BCUT2D eigenvalue weighted by molar-refractivity contribution is -0.137. The fraction of sp³-hybridized carbons (Fsp3) is 0.846. The first-order valence-corrected chi connectivity index (χ1v) is 6.47. The molecule has 2 aliphatic heterocycles. The SMILES string of the molecule is CC=CC1CC2CC(CC(O)CC)CN2O1. The monoisotopic (exact) mass is 225 g/mol. The fourth-order valence-corrected chi connectivity index (χ4v) is 2.86. The fourth-order valence-electron chi connectivity index (χ4n) is 2.86. The molecule has 0 bridgehead atoms. The molecule has 0 saturated carbocycles. The van der Waals surface area contributed by atoms with Crippen molar-refractivity contribution in [1.29, 1.82) is 0 Å². The summed E-state index contributed by atoms with van der Waals surface area (Å²) in [6.07, 6.45) is 8.45. The van der Waals surface area contributed by atoms with Gasteiger partial charge in [0.1, 0.15) is 0 Å². The zero-order valence-corrected chi connectivity index (χ0v) is 10.3. The zero-order chi connectivity index (χ0) is 11.5. The number of aliphatic hydroxyl groups excluding tert-OH is 1. The summed E-state index contributed by atoms with van der Waals surface area (Å²) in [5.74, 6) is 0.617. The van der Waals surface area contributed by atoms with E-state index in [-0.39, 0.29) is 12.2 Å². The van der Waals surface area contributed by atoms with Gasteiger partial charge in [0.05, 0.1) is 12.2 Å². The minimum Gasteiger partial charge on any atom is -0.393 e. The minimum atomic E-state index is -0.128. The van der Waals surface area contributed by atoms with E-state index < -0.39 is 0 Å². The van der Waals surface area contributed by atoms with Crippen LogP contribution in [-0.2, 0) is 4.84 Å². The molecule has 2 fully saturated rings. The molecular weight excluding hydrogens is 202 g/mol. The summed E-state index contributed by atoms with van der Waals surface area (Å²) in [7, 11) is 0. The molecule has 0 radical (unpaired) electrons. The summed E-state index contributed by atoms with van der Waals surface area (Å²) in [4.78, 5) is 5.84. The minimum absolute atomic E-state index is 0.128. The first-order valence-electron chi connectivity index (χ1n) is 6.47. The van der Waals surface area contributed by atoms with E-state index in [9.17, 15) is 5.11 Å². The number of nitrogens with zero attached hydrogens (tertiary/aromatic N) is 1. The van der Waals surface area contributed by atoms with E-state index in [1.807, 2.05) is 13.8 Å². The molecule has 3 heteroatoms. The molecule has 0 aromatic heterocycles. The number of hydroxylamine groups is 2. The van der Waals surface area contributed by atoms with Gasteiger partial charge in [0.2, 0.25) is 0 Å². The molecule has 4 unspecified atom stereocenters.